The Labute approximate surface area is 100 Å². The lowest BCUT2D eigenvalue weighted by Crippen LogP contribution is -2.32. The second-order valence-electron chi connectivity index (χ2n) is 4.06. The number of furan rings is 1. The summed E-state index contributed by atoms with van der Waals surface area (Å²) in [6, 6.07) is 1.94. The largest absolute Gasteiger partial charge is 0.467 e. The van der Waals surface area contributed by atoms with Gasteiger partial charge in [0.15, 0.2) is 0 Å². The number of aliphatic hydroxyl groups is 1. The zero-order valence-corrected chi connectivity index (χ0v) is 10.1. The quantitative estimate of drug-likeness (QED) is 0.373. The average Bonchev–Trinajstić information content (AvgIpc) is 2.76. The Morgan fingerprint density at radius 2 is 2.35 bits per heavy atom. The minimum absolute atomic E-state index is 0.0923. The summed E-state index contributed by atoms with van der Waals surface area (Å²) in [5.41, 5.74) is 2.44. The van der Waals surface area contributed by atoms with E-state index in [0.29, 0.717) is 30.5 Å². The number of nitrogen functional groups attached to an aromatic ring is 1. The summed E-state index contributed by atoms with van der Waals surface area (Å²) in [5.74, 6) is 5.32. The Morgan fingerprint density at radius 3 is 2.88 bits per heavy atom. The molecule has 6 heteroatoms. The Hall–Kier alpha value is -1.37. The summed E-state index contributed by atoms with van der Waals surface area (Å²) in [7, 11) is 0. The number of carbonyl (C=O) groups excluding carboxylic acids is 1. The maximum absolute atomic E-state index is 11.2. The van der Waals surface area contributed by atoms with Gasteiger partial charge in [0.25, 0.3) is 5.91 Å². The standard InChI is InChI=1S/C11H19N3O3/c1-8(2)14(3-4-15)6-10-5-9(7-17-10)11(16)13-12/h5,7-8,15H,3-4,6,12H2,1-2H3,(H,13,16). The summed E-state index contributed by atoms with van der Waals surface area (Å²) < 4.78 is 5.27. The van der Waals surface area contributed by atoms with E-state index < -0.39 is 0 Å². The van der Waals surface area contributed by atoms with Crippen molar-refractivity contribution in [2.45, 2.75) is 26.4 Å². The number of nitrogens with one attached hydrogen (secondary N) is 1. The Morgan fingerprint density at radius 1 is 1.65 bits per heavy atom. The minimum atomic E-state index is -0.377. The fraction of sp³-hybridized carbons (Fsp3) is 0.545. The molecule has 1 aromatic rings. The first kappa shape index (κ1) is 13.7. The second-order valence-corrected chi connectivity index (χ2v) is 4.06. The molecular formula is C11H19N3O3. The van der Waals surface area contributed by atoms with Crippen molar-refractivity contribution < 1.29 is 14.3 Å². The van der Waals surface area contributed by atoms with Gasteiger partial charge in [-0.1, -0.05) is 0 Å². The van der Waals surface area contributed by atoms with Crippen LogP contribution in [-0.4, -0.2) is 35.1 Å². The fourth-order valence-electron chi connectivity index (χ4n) is 1.51. The van der Waals surface area contributed by atoms with Gasteiger partial charge in [-0.25, -0.2) is 5.84 Å². The number of nitrogens with zero attached hydrogens (tertiary/aromatic N) is 1. The minimum Gasteiger partial charge on any atom is -0.467 e. The topological polar surface area (TPSA) is 91.7 Å². The molecule has 0 fully saturated rings. The van der Waals surface area contributed by atoms with E-state index in [1.54, 1.807) is 6.07 Å². The monoisotopic (exact) mass is 241 g/mol. The normalized spacial score (nSPS) is 11.2. The van der Waals surface area contributed by atoms with E-state index in [4.69, 9.17) is 15.4 Å². The van der Waals surface area contributed by atoms with Crippen molar-refractivity contribution in [3.05, 3.63) is 23.7 Å². The Kier molecular flexibility index (Phi) is 5.14. The van der Waals surface area contributed by atoms with Gasteiger partial charge in [0.05, 0.1) is 18.7 Å². The van der Waals surface area contributed by atoms with E-state index in [0.717, 1.165) is 0 Å². The molecular weight excluding hydrogens is 222 g/mol. The predicted octanol–water partition coefficient (Wildman–Crippen LogP) is 0.0858. The molecule has 1 amide bonds. The maximum Gasteiger partial charge on any atom is 0.268 e. The van der Waals surface area contributed by atoms with Gasteiger partial charge in [-0.05, 0) is 19.9 Å². The highest BCUT2D eigenvalue weighted by Gasteiger charge is 2.14. The number of hydrogen-bond donors (Lipinski definition) is 3. The lowest BCUT2D eigenvalue weighted by atomic mass is 10.2. The molecule has 4 N–H and O–H groups in total. The lowest BCUT2D eigenvalue weighted by Gasteiger charge is -2.24. The van der Waals surface area contributed by atoms with Gasteiger partial charge >= 0.3 is 0 Å². The molecule has 1 rings (SSSR count). The van der Waals surface area contributed by atoms with E-state index >= 15 is 0 Å². The van der Waals surface area contributed by atoms with Crippen LogP contribution in [0, 0.1) is 0 Å². The Bertz CT molecular complexity index is 363. The smallest absolute Gasteiger partial charge is 0.268 e. The van der Waals surface area contributed by atoms with E-state index in [9.17, 15) is 4.79 Å². The number of hydrogen-bond acceptors (Lipinski definition) is 5. The lowest BCUT2D eigenvalue weighted by molar-refractivity contribution is 0.0953. The van der Waals surface area contributed by atoms with Crippen molar-refractivity contribution in [3.8, 4) is 0 Å². The van der Waals surface area contributed by atoms with Crippen LogP contribution in [-0.2, 0) is 6.54 Å². The zero-order valence-electron chi connectivity index (χ0n) is 10.1. The van der Waals surface area contributed by atoms with E-state index in [-0.39, 0.29) is 12.5 Å². The van der Waals surface area contributed by atoms with Crippen LogP contribution in [0.3, 0.4) is 0 Å². The van der Waals surface area contributed by atoms with Gasteiger partial charge in [0.2, 0.25) is 0 Å². The Balaban J connectivity index is 2.66. The molecule has 6 nitrogen and oxygen atoms in total. The van der Waals surface area contributed by atoms with E-state index in [1.807, 2.05) is 24.2 Å². The third-order valence-corrected chi connectivity index (χ3v) is 2.52. The van der Waals surface area contributed by atoms with Crippen LogP contribution in [0.15, 0.2) is 16.7 Å². The molecule has 0 bridgehead atoms. The number of carbonyl (C=O) groups is 1. The van der Waals surface area contributed by atoms with Crippen molar-refractivity contribution in [3.63, 3.8) is 0 Å². The van der Waals surface area contributed by atoms with Gasteiger partial charge in [-0.3, -0.25) is 15.1 Å². The predicted molar refractivity (Wildman–Crippen MR) is 63.0 cm³/mol. The highest BCUT2D eigenvalue weighted by Crippen LogP contribution is 2.12. The number of aliphatic hydroxyl groups excluding tert-OH is 1. The number of amides is 1. The highest BCUT2D eigenvalue weighted by atomic mass is 16.3. The molecule has 0 atom stereocenters. The summed E-state index contributed by atoms with van der Waals surface area (Å²) in [6.45, 7) is 5.28. The summed E-state index contributed by atoms with van der Waals surface area (Å²) in [5, 5.41) is 8.94. The average molecular weight is 241 g/mol. The van der Waals surface area contributed by atoms with Crippen LogP contribution in [0.4, 0.5) is 0 Å². The number of rotatable bonds is 6. The van der Waals surface area contributed by atoms with Gasteiger partial charge in [0, 0.05) is 12.6 Å². The molecule has 0 aliphatic carbocycles. The summed E-state index contributed by atoms with van der Waals surface area (Å²) >= 11 is 0. The van der Waals surface area contributed by atoms with Crippen LogP contribution >= 0.6 is 0 Å². The third-order valence-electron chi connectivity index (χ3n) is 2.52. The molecule has 0 saturated carbocycles. The molecule has 96 valence electrons. The maximum atomic E-state index is 11.2. The molecule has 0 aromatic carbocycles. The zero-order chi connectivity index (χ0) is 12.8. The molecule has 0 aliphatic rings. The molecule has 0 saturated heterocycles. The van der Waals surface area contributed by atoms with Crippen LogP contribution in [0.5, 0.6) is 0 Å². The first-order valence-corrected chi connectivity index (χ1v) is 5.51. The second kappa shape index (κ2) is 6.39. The van der Waals surface area contributed by atoms with Gasteiger partial charge in [-0.15, -0.1) is 0 Å². The molecule has 1 heterocycles. The number of hydrazine groups is 1. The van der Waals surface area contributed by atoms with Gasteiger partial charge in [0.1, 0.15) is 12.0 Å². The van der Waals surface area contributed by atoms with E-state index in [2.05, 4.69) is 0 Å². The van der Waals surface area contributed by atoms with Crippen molar-refractivity contribution in [1.29, 1.82) is 0 Å². The van der Waals surface area contributed by atoms with Crippen LogP contribution < -0.4 is 11.3 Å². The van der Waals surface area contributed by atoms with Crippen molar-refractivity contribution in [2.75, 3.05) is 13.2 Å². The molecule has 0 radical (unpaired) electrons. The third kappa shape index (κ3) is 3.85. The van der Waals surface area contributed by atoms with Crippen molar-refractivity contribution in [1.82, 2.24) is 10.3 Å². The first-order chi connectivity index (χ1) is 8.08. The molecule has 17 heavy (non-hydrogen) atoms. The number of nitrogens with two attached hydrogens (primary N) is 1. The van der Waals surface area contributed by atoms with Crippen molar-refractivity contribution >= 4 is 5.91 Å². The SMILES string of the molecule is CC(C)N(CCO)Cc1cc(C(=O)NN)co1. The highest BCUT2D eigenvalue weighted by molar-refractivity contribution is 5.93. The van der Waals surface area contributed by atoms with Gasteiger partial charge < -0.3 is 9.52 Å². The first-order valence-electron chi connectivity index (χ1n) is 5.51. The molecule has 0 aliphatic heterocycles. The fourth-order valence-corrected chi connectivity index (χ4v) is 1.51. The van der Waals surface area contributed by atoms with Crippen LogP contribution in [0.2, 0.25) is 0 Å². The molecule has 1 aromatic heterocycles. The summed E-state index contributed by atoms with van der Waals surface area (Å²) in [6.07, 6.45) is 1.37. The van der Waals surface area contributed by atoms with Crippen LogP contribution in [0.1, 0.15) is 30.0 Å². The van der Waals surface area contributed by atoms with Crippen LogP contribution in [0.25, 0.3) is 0 Å². The van der Waals surface area contributed by atoms with Crippen molar-refractivity contribution in [2.24, 2.45) is 5.84 Å². The molecule has 0 unspecified atom stereocenters. The molecule has 0 spiro atoms. The van der Waals surface area contributed by atoms with E-state index in [1.165, 1.54) is 6.26 Å². The van der Waals surface area contributed by atoms with Gasteiger partial charge in [-0.2, -0.15) is 0 Å². The summed E-state index contributed by atoms with van der Waals surface area (Å²) in [4.78, 5) is 13.3.